The molecule has 198 valence electrons. The van der Waals surface area contributed by atoms with Gasteiger partial charge in [-0.25, -0.2) is 14.4 Å². The van der Waals surface area contributed by atoms with E-state index in [0.29, 0.717) is 48.9 Å². The number of anilines is 2. The van der Waals surface area contributed by atoms with Crippen LogP contribution in [0, 0.1) is 15.9 Å². The number of nitro groups is 1. The number of nitrogens with zero attached hydrogens (tertiary/aromatic N) is 3. The summed E-state index contributed by atoms with van der Waals surface area (Å²) in [7, 11) is 0. The zero-order chi connectivity index (χ0) is 27.2. The van der Waals surface area contributed by atoms with Crippen LogP contribution in [0.5, 0.6) is 11.5 Å². The number of halogens is 1. The van der Waals surface area contributed by atoms with Gasteiger partial charge in [-0.15, -0.1) is 0 Å². The van der Waals surface area contributed by atoms with E-state index in [2.05, 4.69) is 20.6 Å². The lowest BCUT2D eigenvalue weighted by Crippen LogP contribution is -2.24. The Labute approximate surface area is 223 Å². The fourth-order valence-corrected chi connectivity index (χ4v) is 4.05. The first-order chi connectivity index (χ1) is 19.0. The Balaban J connectivity index is 1.49. The Hall–Kier alpha value is -4.90. The highest BCUT2D eigenvalue weighted by atomic mass is 19.1. The zero-order valence-electron chi connectivity index (χ0n) is 20.7. The molecule has 39 heavy (non-hydrogen) atoms. The summed E-state index contributed by atoms with van der Waals surface area (Å²) in [6.45, 7) is 1.08. The molecule has 4 aromatic rings. The molecule has 2 aliphatic heterocycles. The number of carbonyl (C=O) groups excluding carboxylic acids is 1. The normalized spacial score (nSPS) is 13.8. The lowest BCUT2D eigenvalue weighted by atomic mass is 10.1. The summed E-state index contributed by atoms with van der Waals surface area (Å²) < 4.78 is 25.2. The summed E-state index contributed by atoms with van der Waals surface area (Å²) in [5.74, 6) is 0.478. The van der Waals surface area contributed by atoms with Gasteiger partial charge < -0.3 is 20.1 Å². The molecule has 0 aliphatic carbocycles. The van der Waals surface area contributed by atoms with Gasteiger partial charge in [0.15, 0.2) is 0 Å². The van der Waals surface area contributed by atoms with Crippen LogP contribution in [0.25, 0.3) is 11.3 Å². The highest BCUT2D eigenvalue weighted by Crippen LogP contribution is 2.32. The van der Waals surface area contributed by atoms with Gasteiger partial charge in [-0.2, -0.15) is 0 Å². The molecular weight excluding hydrogens is 505 g/mol. The minimum absolute atomic E-state index is 0.191. The number of nitro benzene ring substituents is 1. The van der Waals surface area contributed by atoms with Crippen molar-refractivity contribution in [2.24, 2.45) is 0 Å². The van der Waals surface area contributed by atoms with Gasteiger partial charge in [0.2, 0.25) is 5.95 Å². The monoisotopic (exact) mass is 529 g/mol. The number of hydrogen-bond acceptors (Lipinski definition) is 8. The molecule has 11 heteroatoms. The van der Waals surface area contributed by atoms with Crippen LogP contribution in [-0.2, 0) is 11.3 Å². The average Bonchev–Trinajstić information content (AvgIpc) is 2.94. The van der Waals surface area contributed by atoms with E-state index in [0.717, 1.165) is 5.56 Å². The second-order valence-electron chi connectivity index (χ2n) is 8.77. The molecule has 1 amide bonds. The molecule has 2 aliphatic rings. The number of ether oxygens (including phenoxy) is 2. The van der Waals surface area contributed by atoms with Crippen LogP contribution in [0.1, 0.15) is 28.8 Å². The lowest BCUT2D eigenvalue weighted by molar-refractivity contribution is -0.384. The maximum atomic E-state index is 13.3. The first-order valence-electron chi connectivity index (χ1n) is 12.3. The third-order valence-corrected chi connectivity index (χ3v) is 6.00. The maximum Gasteiger partial charge on any atom is 0.279 e. The largest absolute Gasteiger partial charge is 0.457 e. The minimum atomic E-state index is -0.534. The highest BCUT2D eigenvalue weighted by Gasteiger charge is 2.20. The lowest BCUT2D eigenvalue weighted by Gasteiger charge is -2.14. The van der Waals surface area contributed by atoms with Crippen molar-refractivity contribution in [2.45, 2.75) is 19.4 Å². The van der Waals surface area contributed by atoms with Gasteiger partial charge in [0, 0.05) is 42.2 Å². The van der Waals surface area contributed by atoms with Crippen molar-refractivity contribution in [3.8, 4) is 22.8 Å². The maximum absolute atomic E-state index is 13.3. The third-order valence-electron chi connectivity index (χ3n) is 6.00. The second-order valence-corrected chi connectivity index (χ2v) is 8.77. The van der Waals surface area contributed by atoms with E-state index in [9.17, 15) is 19.3 Å². The van der Waals surface area contributed by atoms with Crippen molar-refractivity contribution < 1.29 is 23.6 Å². The summed E-state index contributed by atoms with van der Waals surface area (Å²) in [6, 6.07) is 17.0. The molecule has 0 spiro atoms. The molecule has 0 saturated carbocycles. The number of rotatable bonds is 3. The Morgan fingerprint density at radius 3 is 2.69 bits per heavy atom. The summed E-state index contributed by atoms with van der Waals surface area (Å²) in [6.07, 6.45) is 2.84. The van der Waals surface area contributed by atoms with Gasteiger partial charge in [0.25, 0.3) is 11.6 Å². The fourth-order valence-electron chi connectivity index (χ4n) is 4.05. The number of fused-ring (bicyclic) bond motifs is 9. The van der Waals surface area contributed by atoms with Crippen LogP contribution in [0.3, 0.4) is 0 Å². The smallest absolute Gasteiger partial charge is 0.279 e. The SMILES string of the molecule is O=C1NCCCCOCc2cc(ccc2Oc2ccc(F)cc2)Nc2nccc(n2)-c2ccc1cc2[N+](=O)[O-]. The van der Waals surface area contributed by atoms with E-state index in [-0.39, 0.29) is 35.2 Å². The van der Waals surface area contributed by atoms with E-state index in [1.54, 1.807) is 18.2 Å². The number of amides is 1. The van der Waals surface area contributed by atoms with Crippen LogP contribution in [-0.4, -0.2) is 34.0 Å². The van der Waals surface area contributed by atoms with Crippen LogP contribution in [0.2, 0.25) is 0 Å². The van der Waals surface area contributed by atoms with E-state index in [1.807, 2.05) is 6.07 Å². The molecule has 10 nitrogen and oxygen atoms in total. The average molecular weight is 530 g/mol. The third kappa shape index (κ3) is 6.33. The second kappa shape index (κ2) is 11.7. The number of benzene rings is 3. The zero-order valence-corrected chi connectivity index (χ0v) is 20.7. The summed E-state index contributed by atoms with van der Waals surface area (Å²) in [5, 5.41) is 17.8. The molecule has 0 saturated heterocycles. The van der Waals surface area contributed by atoms with E-state index < -0.39 is 10.8 Å². The van der Waals surface area contributed by atoms with Crippen molar-refractivity contribution in [3.63, 3.8) is 0 Å². The molecule has 6 bridgehead atoms. The van der Waals surface area contributed by atoms with Gasteiger partial charge in [-0.1, -0.05) is 0 Å². The molecule has 1 aromatic heterocycles. The molecule has 2 N–H and O–H groups in total. The van der Waals surface area contributed by atoms with Crippen molar-refractivity contribution in [3.05, 3.63) is 100.0 Å². The Morgan fingerprint density at radius 1 is 1.03 bits per heavy atom. The summed E-state index contributed by atoms with van der Waals surface area (Å²) >= 11 is 0. The predicted octanol–water partition coefficient (Wildman–Crippen LogP) is 5.77. The van der Waals surface area contributed by atoms with Crippen LogP contribution in [0.15, 0.2) is 72.9 Å². The summed E-state index contributed by atoms with van der Waals surface area (Å²) in [5.41, 5.74) is 1.92. The number of aromatic nitrogens is 2. The first kappa shape index (κ1) is 25.7. The Bertz CT molecular complexity index is 1510. The van der Waals surface area contributed by atoms with Crippen LogP contribution >= 0.6 is 0 Å². The molecule has 0 radical (unpaired) electrons. The minimum Gasteiger partial charge on any atom is -0.457 e. The highest BCUT2D eigenvalue weighted by molar-refractivity contribution is 5.96. The molecule has 0 fully saturated rings. The van der Waals surface area contributed by atoms with Crippen molar-refractivity contribution >= 4 is 23.2 Å². The molecule has 3 aromatic carbocycles. The molecule has 0 atom stereocenters. The molecule has 6 rings (SSSR count). The Morgan fingerprint density at radius 2 is 1.87 bits per heavy atom. The summed E-state index contributed by atoms with van der Waals surface area (Å²) in [4.78, 5) is 32.6. The molecular formula is C28H24FN5O5. The van der Waals surface area contributed by atoms with Gasteiger partial charge >= 0.3 is 0 Å². The fraction of sp³-hybridized carbons (Fsp3) is 0.179. The van der Waals surface area contributed by atoms with Crippen molar-refractivity contribution in [1.29, 1.82) is 0 Å². The molecule has 0 unspecified atom stereocenters. The van der Waals surface area contributed by atoms with E-state index >= 15 is 0 Å². The molecule has 3 heterocycles. The van der Waals surface area contributed by atoms with Crippen molar-refractivity contribution in [2.75, 3.05) is 18.5 Å². The topological polar surface area (TPSA) is 129 Å². The van der Waals surface area contributed by atoms with Crippen LogP contribution < -0.4 is 15.4 Å². The quantitative estimate of drug-likeness (QED) is 0.253. The van der Waals surface area contributed by atoms with Gasteiger partial charge in [-0.05, 0) is 73.5 Å². The van der Waals surface area contributed by atoms with Crippen molar-refractivity contribution in [1.82, 2.24) is 15.3 Å². The standard InChI is InChI=1S/C28H24FN5O5/c29-20-4-7-22(8-5-20)39-26-10-6-21-15-19(26)17-38-14-2-1-12-30-27(35)18-3-9-23(25(16-18)34(36)37)24-11-13-31-28(32-21)33-24/h3-11,13,15-16H,1-2,12,14,17H2,(H,30,35)(H,31,32,33). The predicted molar refractivity (Wildman–Crippen MR) is 142 cm³/mol. The van der Waals surface area contributed by atoms with Gasteiger partial charge in [0.05, 0.1) is 22.8 Å². The van der Waals surface area contributed by atoms with Gasteiger partial charge in [0.1, 0.15) is 17.3 Å². The number of carbonyl (C=O) groups is 1. The number of hydrogen-bond donors (Lipinski definition) is 2. The first-order valence-corrected chi connectivity index (χ1v) is 12.3. The van der Waals surface area contributed by atoms with Crippen LogP contribution in [0.4, 0.5) is 21.7 Å². The number of nitrogens with one attached hydrogen (secondary N) is 2. The van der Waals surface area contributed by atoms with Gasteiger partial charge in [-0.3, -0.25) is 14.9 Å². The Kier molecular flexibility index (Phi) is 7.69. The van der Waals surface area contributed by atoms with E-state index in [1.165, 1.54) is 48.7 Å². The van der Waals surface area contributed by atoms with E-state index in [4.69, 9.17) is 9.47 Å².